The van der Waals surface area contributed by atoms with Gasteiger partial charge < -0.3 is 20.3 Å². The summed E-state index contributed by atoms with van der Waals surface area (Å²) in [6, 6.07) is 11.4. The molecule has 196 valence electrons. The zero-order valence-corrected chi connectivity index (χ0v) is 23.1. The van der Waals surface area contributed by atoms with Gasteiger partial charge in [0.1, 0.15) is 17.7 Å². The zero-order valence-electron chi connectivity index (χ0n) is 23.1. The van der Waals surface area contributed by atoms with Crippen molar-refractivity contribution >= 4 is 23.6 Å². The van der Waals surface area contributed by atoms with Crippen molar-refractivity contribution in [1.82, 2.24) is 10.2 Å². The maximum Gasteiger partial charge on any atom is 0.408 e. The first-order chi connectivity index (χ1) is 16.7. The van der Waals surface area contributed by atoms with Crippen molar-refractivity contribution in [1.29, 1.82) is 0 Å². The van der Waals surface area contributed by atoms with Crippen LogP contribution >= 0.6 is 0 Å². The van der Waals surface area contributed by atoms with Crippen molar-refractivity contribution in [2.45, 2.75) is 92.5 Å². The molecule has 0 aliphatic heterocycles. The maximum atomic E-state index is 13.9. The van der Waals surface area contributed by atoms with Crippen LogP contribution in [-0.4, -0.2) is 40.5 Å². The van der Waals surface area contributed by atoms with Crippen molar-refractivity contribution < 1.29 is 19.1 Å². The Morgan fingerprint density at radius 3 is 2.08 bits per heavy atom. The number of para-hydroxylation sites is 1. The molecule has 3 amide bonds. The smallest absolute Gasteiger partial charge is 0.408 e. The number of rotatable bonds is 8. The second-order valence-corrected chi connectivity index (χ2v) is 10.4. The van der Waals surface area contributed by atoms with Crippen LogP contribution in [0.15, 0.2) is 42.5 Å². The molecule has 2 aromatic rings. The molecule has 3 unspecified atom stereocenters. The molecule has 2 rings (SSSR count). The molecular weight excluding hydrogens is 454 g/mol. The minimum Gasteiger partial charge on any atom is -0.444 e. The second kappa shape index (κ2) is 12.1. The van der Waals surface area contributed by atoms with E-state index >= 15 is 0 Å². The summed E-state index contributed by atoms with van der Waals surface area (Å²) in [5, 5.41) is 5.71. The number of nitrogens with zero attached hydrogens (tertiary/aromatic N) is 1. The van der Waals surface area contributed by atoms with Gasteiger partial charge in [0.05, 0.1) is 0 Å². The Morgan fingerprint density at radius 2 is 1.56 bits per heavy atom. The molecule has 7 nitrogen and oxygen atoms in total. The summed E-state index contributed by atoms with van der Waals surface area (Å²) < 4.78 is 5.34. The van der Waals surface area contributed by atoms with Crippen molar-refractivity contribution in [3.05, 3.63) is 64.7 Å². The van der Waals surface area contributed by atoms with Crippen molar-refractivity contribution in [2.24, 2.45) is 0 Å². The number of ether oxygens (including phenoxy) is 1. The highest BCUT2D eigenvalue weighted by molar-refractivity contribution is 6.00. The number of aryl methyl sites for hydroxylation is 3. The highest BCUT2D eigenvalue weighted by Crippen LogP contribution is 2.29. The number of anilines is 1. The Labute approximate surface area is 215 Å². The second-order valence-electron chi connectivity index (χ2n) is 10.4. The summed E-state index contributed by atoms with van der Waals surface area (Å²) in [6.07, 6.45) is -0.0521. The first kappa shape index (κ1) is 28.9. The Bertz CT molecular complexity index is 1070. The number of nitrogens with one attached hydrogen (secondary N) is 2. The third-order valence-corrected chi connectivity index (χ3v) is 6.04. The quantitative estimate of drug-likeness (QED) is 0.482. The lowest BCUT2D eigenvalue weighted by molar-refractivity contribution is -0.143. The van der Waals surface area contributed by atoms with Crippen LogP contribution < -0.4 is 10.6 Å². The summed E-state index contributed by atoms with van der Waals surface area (Å²) >= 11 is 0. The Hall–Kier alpha value is -3.35. The molecule has 0 saturated carbocycles. The average Bonchev–Trinajstić information content (AvgIpc) is 2.77. The Kier molecular flexibility index (Phi) is 9.68. The van der Waals surface area contributed by atoms with Gasteiger partial charge in [-0.05, 0) is 78.5 Å². The molecule has 2 aromatic carbocycles. The minimum absolute atomic E-state index is 0.269. The van der Waals surface area contributed by atoms with E-state index in [4.69, 9.17) is 4.74 Å². The summed E-state index contributed by atoms with van der Waals surface area (Å²) in [7, 11) is 0. The van der Waals surface area contributed by atoms with Gasteiger partial charge in [-0.15, -0.1) is 0 Å². The van der Waals surface area contributed by atoms with Gasteiger partial charge in [-0.1, -0.05) is 55.0 Å². The van der Waals surface area contributed by atoms with Gasteiger partial charge in [0.25, 0.3) is 5.91 Å². The highest BCUT2D eigenvalue weighted by atomic mass is 16.6. The molecule has 0 aliphatic carbocycles. The molecule has 0 heterocycles. The number of carbonyl (C=O) groups excluding carboxylic acids is 3. The molecule has 0 aromatic heterocycles. The van der Waals surface area contributed by atoms with Crippen LogP contribution in [0.25, 0.3) is 0 Å². The molecule has 0 bridgehead atoms. The first-order valence-corrected chi connectivity index (χ1v) is 12.5. The summed E-state index contributed by atoms with van der Waals surface area (Å²) in [5.74, 6) is -0.672. The van der Waals surface area contributed by atoms with E-state index in [1.165, 1.54) is 0 Å². The molecule has 2 N–H and O–H groups in total. The Balaban J connectivity index is 2.50. The van der Waals surface area contributed by atoms with E-state index in [0.717, 1.165) is 22.4 Å². The zero-order chi connectivity index (χ0) is 27.2. The van der Waals surface area contributed by atoms with Crippen molar-refractivity contribution in [3.63, 3.8) is 0 Å². The average molecular weight is 496 g/mol. The summed E-state index contributed by atoms with van der Waals surface area (Å²) in [6.45, 7) is 16.6. The molecule has 0 spiro atoms. The van der Waals surface area contributed by atoms with Gasteiger partial charge in [-0.2, -0.15) is 0 Å². The molecule has 0 saturated heterocycles. The third kappa shape index (κ3) is 7.57. The van der Waals surface area contributed by atoms with Crippen LogP contribution in [0.4, 0.5) is 10.5 Å². The van der Waals surface area contributed by atoms with Crippen LogP contribution in [0.3, 0.4) is 0 Å². The van der Waals surface area contributed by atoms with Crippen LogP contribution in [0.5, 0.6) is 0 Å². The third-order valence-electron chi connectivity index (χ3n) is 6.04. The van der Waals surface area contributed by atoms with E-state index in [0.29, 0.717) is 12.0 Å². The predicted molar refractivity (Wildman–Crippen MR) is 144 cm³/mol. The maximum absolute atomic E-state index is 13.9. The lowest BCUT2D eigenvalue weighted by Crippen LogP contribution is -2.53. The van der Waals surface area contributed by atoms with Gasteiger partial charge in [-0.25, -0.2) is 4.79 Å². The number of hydrogen-bond donors (Lipinski definition) is 2. The normalized spacial score (nSPS) is 13.8. The molecule has 36 heavy (non-hydrogen) atoms. The number of amides is 3. The summed E-state index contributed by atoms with van der Waals surface area (Å²) in [4.78, 5) is 41.7. The van der Waals surface area contributed by atoms with E-state index < -0.39 is 23.8 Å². The molecule has 7 heteroatoms. The fraction of sp³-hybridized carbons (Fsp3) is 0.483. The molecule has 0 fully saturated rings. The van der Waals surface area contributed by atoms with Gasteiger partial charge in [0, 0.05) is 11.7 Å². The van der Waals surface area contributed by atoms with E-state index in [-0.39, 0.29) is 17.9 Å². The van der Waals surface area contributed by atoms with Gasteiger partial charge in [-0.3, -0.25) is 9.59 Å². The monoisotopic (exact) mass is 495 g/mol. The Morgan fingerprint density at radius 1 is 0.972 bits per heavy atom. The topological polar surface area (TPSA) is 87.7 Å². The van der Waals surface area contributed by atoms with Gasteiger partial charge >= 0.3 is 6.09 Å². The number of carbonyl (C=O) groups is 3. The fourth-order valence-electron chi connectivity index (χ4n) is 4.05. The van der Waals surface area contributed by atoms with E-state index in [2.05, 4.69) is 10.6 Å². The van der Waals surface area contributed by atoms with E-state index in [1.807, 2.05) is 77.1 Å². The molecular formula is C29H41N3O4. The first-order valence-electron chi connectivity index (χ1n) is 12.5. The van der Waals surface area contributed by atoms with Gasteiger partial charge in [0.15, 0.2) is 0 Å². The van der Waals surface area contributed by atoms with E-state index in [9.17, 15) is 14.4 Å². The molecule has 0 aliphatic rings. The minimum atomic E-state index is -0.894. The van der Waals surface area contributed by atoms with E-state index in [1.54, 1.807) is 32.6 Å². The van der Waals surface area contributed by atoms with Crippen molar-refractivity contribution in [2.75, 3.05) is 5.32 Å². The van der Waals surface area contributed by atoms with Crippen LogP contribution in [0, 0.1) is 20.8 Å². The lowest BCUT2D eigenvalue weighted by Gasteiger charge is -2.37. The van der Waals surface area contributed by atoms with Crippen molar-refractivity contribution in [3.8, 4) is 0 Å². The lowest BCUT2D eigenvalue weighted by atomic mass is 9.98. The largest absolute Gasteiger partial charge is 0.444 e. The number of alkyl carbamates (subject to hydrolysis) is 1. The predicted octanol–water partition coefficient (Wildman–Crippen LogP) is 5.83. The SMILES string of the molecule is CCC(C)N(C(=O)C(C)NC(=O)OC(C)(C)C)C(C(=O)Nc1c(C)cccc1C)c1cccc(C)c1. The number of benzene rings is 2. The number of hydrogen-bond acceptors (Lipinski definition) is 4. The highest BCUT2D eigenvalue weighted by Gasteiger charge is 2.37. The van der Waals surface area contributed by atoms with Crippen LogP contribution in [0.2, 0.25) is 0 Å². The molecule has 3 atom stereocenters. The molecule has 0 radical (unpaired) electrons. The van der Waals surface area contributed by atoms with Crippen LogP contribution in [-0.2, 0) is 14.3 Å². The standard InChI is InChI=1S/C29H41N3O4/c1-10-21(5)32(27(34)22(6)30-28(35)36-29(7,8)9)25(23-16-11-13-18(2)17-23)26(33)31-24-19(3)14-12-15-20(24)4/h11-17,21-22,25H,10H2,1-9H3,(H,30,35)(H,31,33). The van der Waals surface area contributed by atoms with Gasteiger partial charge in [0.2, 0.25) is 5.91 Å². The van der Waals surface area contributed by atoms with Crippen LogP contribution in [0.1, 0.15) is 76.3 Å². The summed E-state index contributed by atoms with van der Waals surface area (Å²) in [5.41, 5.74) is 3.60. The fourth-order valence-corrected chi connectivity index (χ4v) is 4.05.